The van der Waals surface area contributed by atoms with Gasteiger partial charge in [-0.3, -0.25) is 9.55 Å². The first-order chi connectivity index (χ1) is 14.2. The Bertz CT molecular complexity index is 1250. The highest BCUT2D eigenvalue weighted by atomic mass is 15.1. The van der Waals surface area contributed by atoms with E-state index in [4.69, 9.17) is 9.97 Å². The first-order valence-electron chi connectivity index (χ1n) is 9.41. The lowest BCUT2D eigenvalue weighted by Gasteiger charge is -2.09. The summed E-state index contributed by atoms with van der Waals surface area (Å²) in [6.45, 7) is 2.03. The molecule has 7 nitrogen and oxygen atoms in total. The van der Waals surface area contributed by atoms with E-state index < -0.39 is 0 Å². The van der Waals surface area contributed by atoms with Crippen molar-refractivity contribution in [3.05, 3.63) is 102 Å². The molecular weight excluding hydrogens is 362 g/mol. The Kier molecular flexibility index (Phi) is 4.32. The van der Waals surface area contributed by atoms with E-state index in [0.717, 1.165) is 39.8 Å². The summed E-state index contributed by atoms with van der Waals surface area (Å²) >= 11 is 0. The highest BCUT2D eigenvalue weighted by Gasteiger charge is 2.10. The van der Waals surface area contributed by atoms with Crippen molar-refractivity contribution >= 4 is 5.65 Å². The first-order valence-corrected chi connectivity index (χ1v) is 9.41. The van der Waals surface area contributed by atoms with Gasteiger partial charge in [0.25, 0.3) is 0 Å². The van der Waals surface area contributed by atoms with E-state index in [9.17, 15) is 0 Å². The Morgan fingerprint density at radius 1 is 0.862 bits per heavy atom. The minimum Gasteiger partial charge on any atom is -0.307 e. The van der Waals surface area contributed by atoms with Crippen molar-refractivity contribution in [1.82, 2.24) is 33.9 Å². The molecule has 5 rings (SSSR count). The van der Waals surface area contributed by atoms with Gasteiger partial charge in [0.15, 0.2) is 0 Å². The smallest absolute Gasteiger partial charge is 0.141 e. The molecule has 0 aliphatic carbocycles. The van der Waals surface area contributed by atoms with E-state index in [0.29, 0.717) is 12.8 Å². The van der Waals surface area contributed by atoms with Crippen LogP contribution in [0.15, 0.2) is 73.8 Å². The standard InChI is InChI=1S/C22H19N7/c1-16-2-3-18(25-14-16)12-20-26-19(13-22(27-20)29-8-5-23-15-29)10-17-4-7-28-9-6-24-21(28)11-17/h2-9,11,13-15H,10,12H2,1H3. The summed E-state index contributed by atoms with van der Waals surface area (Å²) in [6.07, 6.45) is 14.3. The van der Waals surface area contributed by atoms with E-state index in [1.54, 1.807) is 18.7 Å². The van der Waals surface area contributed by atoms with Crippen LogP contribution in [0.3, 0.4) is 0 Å². The first kappa shape index (κ1) is 17.2. The molecule has 0 unspecified atom stereocenters. The van der Waals surface area contributed by atoms with E-state index >= 15 is 0 Å². The van der Waals surface area contributed by atoms with Crippen molar-refractivity contribution in [2.45, 2.75) is 19.8 Å². The average Bonchev–Trinajstić information content (AvgIpc) is 3.41. The molecule has 0 aliphatic rings. The van der Waals surface area contributed by atoms with Gasteiger partial charge < -0.3 is 4.40 Å². The normalized spacial score (nSPS) is 11.2. The summed E-state index contributed by atoms with van der Waals surface area (Å²) in [6, 6.07) is 10.3. The van der Waals surface area contributed by atoms with Crippen LogP contribution in [0.25, 0.3) is 11.5 Å². The second-order valence-corrected chi connectivity index (χ2v) is 7.01. The van der Waals surface area contributed by atoms with E-state index in [2.05, 4.69) is 33.2 Å². The van der Waals surface area contributed by atoms with Gasteiger partial charge in [0, 0.05) is 55.4 Å². The summed E-state index contributed by atoms with van der Waals surface area (Å²) < 4.78 is 3.89. The van der Waals surface area contributed by atoms with Crippen LogP contribution in [0.5, 0.6) is 0 Å². The van der Waals surface area contributed by atoms with Crippen LogP contribution >= 0.6 is 0 Å². The van der Waals surface area contributed by atoms with E-state index in [1.165, 1.54) is 0 Å². The van der Waals surface area contributed by atoms with Gasteiger partial charge in [-0.25, -0.2) is 19.9 Å². The van der Waals surface area contributed by atoms with Crippen molar-refractivity contribution in [1.29, 1.82) is 0 Å². The zero-order valence-electron chi connectivity index (χ0n) is 16.0. The van der Waals surface area contributed by atoms with Crippen molar-refractivity contribution in [3.8, 4) is 5.82 Å². The second kappa shape index (κ2) is 7.27. The monoisotopic (exact) mass is 381 g/mol. The maximum Gasteiger partial charge on any atom is 0.141 e. The van der Waals surface area contributed by atoms with Gasteiger partial charge in [-0.2, -0.15) is 0 Å². The van der Waals surface area contributed by atoms with Crippen molar-refractivity contribution in [3.63, 3.8) is 0 Å². The number of pyridine rings is 2. The third kappa shape index (κ3) is 3.75. The number of imidazole rings is 2. The fraction of sp³-hybridized carbons (Fsp3) is 0.136. The molecule has 0 spiro atoms. The van der Waals surface area contributed by atoms with E-state index in [-0.39, 0.29) is 0 Å². The lowest BCUT2D eigenvalue weighted by molar-refractivity contribution is 0.858. The van der Waals surface area contributed by atoms with Crippen molar-refractivity contribution in [2.24, 2.45) is 0 Å². The van der Waals surface area contributed by atoms with Crippen LogP contribution in [0.1, 0.15) is 28.3 Å². The second-order valence-electron chi connectivity index (χ2n) is 7.01. The highest BCUT2D eigenvalue weighted by molar-refractivity contribution is 5.42. The fourth-order valence-corrected chi connectivity index (χ4v) is 3.27. The Labute approximate surface area is 167 Å². The molecule has 0 saturated carbocycles. The molecule has 5 aromatic rings. The minimum absolute atomic E-state index is 0.578. The molecule has 0 fully saturated rings. The third-order valence-electron chi connectivity index (χ3n) is 4.74. The molecule has 0 atom stereocenters. The maximum atomic E-state index is 4.81. The van der Waals surface area contributed by atoms with Gasteiger partial charge in [0.05, 0.1) is 12.1 Å². The van der Waals surface area contributed by atoms with Crippen LogP contribution in [-0.4, -0.2) is 33.9 Å². The summed E-state index contributed by atoms with van der Waals surface area (Å²) in [5, 5.41) is 0. The molecule has 0 aromatic carbocycles. The van der Waals surface area contributed by atoms with Crippen LogP contribution in [0.2, 0.25) is 0 Å². The third-order valence-corrected chi connectivity index (χ3v) is 4.74. The van der Waals surface area contributed by atoms with Gasteiger partial charge in [0.1, 0.15) is 23.6 Å². The fourth-order valence-electron chi connectivity index (χ4n) is 3.27. The molecule has 0 aliphatic heterocycles. The largest absolute Gasteiger partial charge is 0.307 e. The molecule has 7 heteroatoms. The van der Waals surface area contributed by atoms with Gasteiger partial charge in [-0.05, 0) is 36.2 Å². The average molecular weight is 381 g/mol. The lowest BCUT2D eigenvalue weighted by atomic mass is 10.1. The number of fused-ring (bicyclic) bond motifs is 1. The number of rotatable bonds is 5. The topological polar surface area (TPSA) is 73.8 Å². The molecule has 0 N–H and O–H groups in total. The Morgan fingerprint density at radius 3 is 2.66 bits per heavy atom. The molecule has 0 saturated heterocycles. The molecular formula is C22H19N7. The van der Waals surface area contributed by atoms with Crippen molar-refractivity contribution in [2.75, 3.05) is 0 Å². The predicted octanol–water partition coefficient (Wildman–Crippen LogP) is 3.20. The van der Waals surface area contributed by atoms with Gasteiger partial charge >= 0.3 is 0 Å². The maximum absolute atomic E-state index is 4.81. The number of nitrogens with zero attached hydrogens (tertiary/aromatic N) is 7. The summed E-state index contributed by atoms with van der Waals surface area (Å²) in [5.74, 6) is 1.54. The van der Waals surface area contributed by atoms with Crippen LogP contribution in [0, 0.1) is 6.92 Å². The molecule has 142 valence electrons. The molecule has 0 bridgehead atoms. The van der Waals surface area contributed by atoms with Crippen LogP contribution in [0.4, 0.5) is 0 Å². The Hall–Kier alpha value is -3.87. The number of aromatic nitrogens is 7. The summed E-state index contributed by atoms with van der Waals surface area (Å²) in [5.41, 5.74) is 5.11. The highest BCUT2D eigenvalue weighted by Crippen LogP contribution is 2.15. The van der Waals surface area contributed by atoms with Crippen molar-refractivity contribution < 1.29 is 0 Å². The molecule has 29 heavy (non-hydrogen) atoms. The molecule has 5 heterocycles. The summed E-state index contributed by atoms with van der Waals surface area (Å²) in [4.78, 5) is 22.6. The van der Waals surface area contributed by atoms with Crippen LogP contribution in [-0.2, 0) is 12.8 Å². The van der Waals surface area contributed by atoms with Crippen LogP contribution < -0.4 is 0 Å². The van der Waals surface area contributed by atoms with Gasteiger partial charge in [0.2, 0.25) is 0 Å². The minimum atomic E-state index is 0.578. The number of aryl methyl sites for hydroxylation is 1. The number of hydrogen-bond acceptors (Lipinski definition) is 5. The quantitative estimate of drug-likeness (QED) is 0.467. The number of hydrogen-bond donors (Lipinski definition) is 0. The Balaban J connectivity index is 1.50. The molecule has 0 radical (unpaired) electrons. The lowest BCUT2D eigenvalue weighted by Crippen LogP contribution is -2.07. The SMILES string of the molecule is Cc1ccc(Cc2nc(Cc3ccn4ccnc4c3)cc(-n3ccnc3)n2)nc1. The van der Waals surface area contributed by atoms with Gasteiger partial charge in [-0.1, -0.05) is 6.07 Å². The zero-order chi connectivity index (χ0) is 19.6. The predicted molar refractivity (Wildman–Crippen MR) is 109 cm³/mol. The zero-order valence-corrected chi connectivity index (χ0v) is 16.0. The Morgan fingerprint density at radius 2 is 1.83 bits per heavy atom. The van der Waals surface area contributed by atoms with Gasteiger partial charge in [-0.15, -0.1) is 0 Å². The van der Waals surface area contributed by atoms with E-state index in [1.807, 2.05) is 52.8 Å². The molecule has 0 amide bonds. The molecule has 5 aromatic heterocycles. The summed E-state index contributed by atoms with van der Waals surface area (Å²) in [7, 11) is 0.